The Morgan fingerprint density at radius 2 is 1.61 bits per heavy atom. The molecular formula is C31H29N3O5S2. The van der Waals surface area contributed by atoms with Crippen molar-refractivity contribution in [2.75, 3.05) is 13.2 Å². The number of hydrogen-bond acceptors (Lipinski definition) is 6. The normalized spacial score (nSPS) is 12.3. The van der Waals surface area contributed by atoms with Gasteiger partial charge in [0.25, 0.3) is 5.91 Å². The lowest BCUT2D eigenvalue weighted by Crippen LogP contribution is -2.30. The van der Waals surface area contributed by atoms with Gasteiger partial charge in [-0.15, -0.1) is 0 Å². The first kappa shape index (κ1) is 28.4. The standard InChI is InChI=1S/C31H29N3O5S2/c1-3-33(20-22-10-6-5-7-11-22)41(37,38)25-17-14-24(15-18-25)30(36)32-31-34(21-28(35)39-4-2)27-19-16-23-12-8-9-13-26(23)29(27)40-31/h5-19H,3-4,20-21H2,1-2H3. The van der Waals surface area contributed by atoms with Crippen LogP contribution in [0.15, 0.2) is 101 Å². The van der Waals surface area contributed by atoms with Gasteiger partial charge in [0.1, 0.15) is 6.54 Å². The molecule has 0 N–H and O–H groups in total. The van der Waals surface area contributed by atoms with Crippen molar-refractivity contribution < 1.29 is 22.7 Å². The summed E-state index contributed by atoms with van der Waals surface area (Å²) in [6.07, 6.45) is 0. The van der Waals surface area contributed by atoms with Crippen LogP contribution in [0.5, 0.6) is 0 Å². The molecule has 0 saturated carbocycles. The molecule has 5 aromatic rings. The van der Waals surface area contributed by atoms with E-state index in [0.717, 1.165) is 26.6 Å². The number of carbonyl (C=O) groups is 2. The van der Waals surface area contributed by atoms with E-state index >= 15 is 0 Å². The summed E-state index contributed by atoms with van der Waals surface area (Å²) in [5.41, 5.74) is 1.89. The van der Waals surface area contributed by atoms with E-state index in [9.17, 15) is 18.0 Å². The van der Waals surface area contributed by atoms with Crippen molar-refractivity contribution in [3.8, 4) is 0 Å². The molecule has 0 saturated heterocycles. The van der Waals surface area contributed by atoms with E-state index < -0.39 is 21.9 Å². The zero-order chi connectivity index (χ0) is 29.0. The van der Waals surface area contributed by atoms with Gasteiger partial charge < -0.3 is 9.30 Å². The number of amides is 1. The summed E-state index contributed by atoms with van der Waals surface area (Å²) in [5.74, 6) is -0.973. The molecule has 5 rings (SSSR count). The third kappa shape index (κ3) is 6.00. The van der Waals surface area contributed by atoms with Crippen LogP contribution in [0.4, 0.5) is 0 Å². The van der Waals surface area contributed by atoms with Crippen LogP contribution in [-0.2, 0) is 32.6 Å². The summed E-state index contributed by atoms with van der Waals surface area (Å²) in [7, 11) is -3.78. The molecule has 0 fully saturated rings. The predicted molar refractivity (Wildman–Crippen MR) is 160 cm³/mol. The molecule has 0 bridgehead atoms. The lowest BCUT2D eigenvalue weighted by Gasteiger charge is -2.20. The Morgan fingerprint density at radius 3 is 2.32 bits per heavy atom. The number of benzene rings is 4. The number of thiazole rings is 1. The quantitative estimate of drug-likeness (QED) is 0.216. The summed E-state index contributed by atoms with van der Waals surface area (Å²) in [6.45, 7) is 4.22. The molecular weight excluding hydrogens is 558 g/mol. The average molecular weight is 588 g/mol. The van der Waals surface area contributed by atoms with Gasteiger partial charge in [0.15, 0.2) is 4.80 Å². The minimum Gasteiger partial charge on any atom is -0.465 e. The Bertz CT molecular complexity index is 1890. The minimum atomic E-state index is -3.78. The number of aromatic nitrogens is 1. The first-order valence-electron chi connectivity index (χ1n) is 13.2. The highest BCUT2D eigenvalue weighted by atomic mass is 32.2. The van der Waals surface area contributed by atoms with E-state index in [0.29, 0.717) is 11.3 Å². The van der Waals surface area contributed by atoms with Crippen molar-refractivity contribution in [3.63, 3.8) is 0 Å². The Balaban J connectivity index is 1.49. The summed E-state index contributed by atoms with van der Waals surface area (Å²) in [5, 5.41) is 2.03. The van der Waals surface area contributed by atoms with E-state index in [4.69, 9.17) is 4.74 Å². The highest BCUT2D eigenvalue weighted by molar-refractivity contribution is 7.89. The molecule has 0 spiro atoms. The van der Waals surface area contributed by atoms with Crippen molar-refractivity contribution in [2.24, 2.45) is 4.99 Å². The lowest BCUT2D eigenvalue weighted by atomic mass is 10.1. The Morgan fingerprint density at radius 1 is 0.902 bits per heavy atom. The Hall–Kier alpha value is -4.12. The van der Waals surface area contributed by atoms with Crippen LogP contribution in [0.2, 0.25) is 0 Å². The first-order chi connectivity index (χ1) is 19.8. The van der Waals surface area contributed by atoms with Gasteiger partial charge in [-0.25, -0.2) is 8.42 Å². The largest absolute Gasteiger partial charge is 0.465 e. The first-order valence-corrected chi connectivity index (χ1v) is 15.5. The van der Waals surface area contributed by atoms with E-state index in [1.54, 1.807) is 18.4 Å². The molecule has 0 radical (unpaired) electrons. The van der Waals surface area contributed by atoms with E-state index in [1.807, 2.05) is 66.7 Å². The highest BCUT2D eigenvalue weighted by Gasteiger charge is 2.23. The molecule has 1 amide bonds. The molecule has 210 valence electrons. The highest BCUT2D eigenvalue weighted by Crippen LogP contribution is 2.28. The number of hydrogen-bond donors (Lipinski definition) is 0. The molecule has 8 nitrogen and oxygen atoms in total. The summed E-state index contributed by atoms with van der Waals surface area (Å²) in [6, 6.07) is 26.9. The summed E-state index contributed by atoms with van der Waals surface area (Å²) >= 11 is 1.32. The molecule has 1 aromatic heterocycles. The number of ether oxygens (including phenoxy) is 1. The van der Waals surface area contributed by atoms with Crippen molar-refractivity contribution >= 4 is 54.2 Å². The van der Waals surface area contributed by atoms with E-state index in [2.05, 4.69) is 4.99 Å². The van der Waals surface area contributed by atoms with E-state index in [-0.39, 0.29) is 30.2 Å². The SMILES string of the molecule is CCOC(=O)Cn1c(=NC(=O)c2ccc(S(=O)(=O)N(CC)Cc3ccccc3)cc2)sc2c3ccccc3ccc21. The zero-order valence-corrected chi connectivity index (χ0v) is 24.3. The molecule has 41 heavy (non-hydrogen) atoms. The monoisotopic (exact) mass is 587 g/mol. The van der Waals surface area contributed by atoms with Crippen LogP contribution in [0, 0.1) is 0 Å². The van der Waals surface area contributed by atoms with Crippen LogP contribution in [0.25, 0.3) is 21.0 Å². The number of carbonyl (C=O) groups excluding carboxylic acids is 2. The molecule has 0 aliphatic rings. The number of nitrogens with zero attached hydrogens (tertiary/aromatic N) is 3. The lowest BCUT2D eigenvalue weighted by molar-refractivity contribution is -0.143. The van der Waals surface area contributed by atoms with Crippen molar-refractivity contribution in [3.05, 3.63) is 107 Å². The molecule has 0 unspecified atom stereocenters. The second-order valence-corrected chi connectivity index (χ2v) is 12.2. The van der Waals surface area contributed by atoms with Crippen LogP contribution >= 0.6 is 11.3 Å². The maximum atomic E-state index is 13.3. The average Bonchev–Trinajstić information content (AvgIpc) is 3.33. The minimum absolute atomic E-state index is 0.0935. The molecule has 4 aromatic carbocycles. The number of fused-ring (bicyclic) bond motifs is 3. The van der Waals surface area contributed by atoms with Crippen molar-refractivity contribution in [1.82, 2.24) is 8.87 Å². The number of rotatable bonds is 9. The molecule has 10 heteroatoms. The maximum Gasteiger partial charge on any atom is 0.326 e. The van der Waals surface area contributed by atoms with Gasteiger partial charge in [-0.05, 0) is 48.2 Å². The van der Waals surface area contributed by atoms with Crippen LogP contribution < -0.4 is 4.80 Å². The van der Waals surface area contributed by atoms with Gasteiger partial charge in [-0.3, -0.25) is 9.59 Å². The molecule has 0 aliphatic heterocycles. The fourth-order valence-corrected chi connectivity index (χ4v) is 7.20. The zero-order valence-electron chi connectivity index (χ0n) is 22.7. The molecule has 1 heterocycles. The van der Waals surface area contributed by atoms with Gasteiger partial charge in [0.2, 0.25) is 10.0 Å². The third-order valence-electron chi connectivity index (χ3n) is 6.66. The smallest absolute Gasteiger partial charge is 0.326 e. The van der Waals surface area contributed by atoms with Crippen molar-refractivity contribution in [1.29, 1.82) is 0 Å². The predicted octanol–water partition coefficient (Wildman–Crippen LogP) is 5.37. The fourth-order valence-electron chi connectivity index (χ4n) is 4.60. The number of esters is 1. The maximum absolute atomic E-state index is 13.3. The Kier molecular flexibility index (Phi) is 8.44. The third-order valence-corrected chi connectivity index (χ3v) is 9.72. The van der Waals surface area contributed by atoms with Crippen LogP contribution in [0.3, 0.4) is 0 Å². The van der Waals surface area contributed by atoms with Gasteiger partial charge in [0.05, 0.1) is 21.7 Å². The fraction of sp³-hybridized carbons (Fsp3) is 0.194. The van der Waals surface area contributed by atoms with Gasteiger partial charge in [-0.2, -0.15) is 9.30 Å². The van der Waals surface area contributed by atoms with Gasteiger partial charge >= 0.3 is 5.97 Å². The number of sulfonamides is 1. The van der Waals surface area contributed by atoms with Gasteiger partial charge in [0, 0.05) is 24.0 Å². The van der Waals surface area contributed by atoms with Crippen LogP contribution in [-0.4, -0.2) is 42.3 Å². The summed E-state index contributed by atoms with van der Waals surface area (Å²) < 4.78 is 35.8. The van der Waals surface area contributed by atoms with Crippen molar-refractivity contribution in [2.45, 2.75) is 31.8 Å². The second kappa shape index (κ2) is 12.2. The van der Waals surface area contributed by atoms with Crippen LogP contribution in [0.1, 0.15) is 29.8 Å². The summed E-state index contributed by atoms with van der Waals surface area (Å²) in [4.78, 5) is 30.5. The topological polar surface area (TPSA) is 98.0 Å². The second-order valence-electron chi connectivity index (χ2n) is 9.27. The Labute approximate surface area is 242 Å². The van der Waals surface area contributed by atoms with E-state index in [1.165, 1.54) is 39.9 Å². The van der Waals surface area contributed by atoms with Gasteiger partial charge in [-0.1, -0.05) is 78.9 Å². The molecule has 0 atom stereocenters. The molecule has 0 aliphatic carbocycles.